The third-order valence-corrected chi connectivity index (χ3v) is 4.14. The van der Waals surface area contributed by atoms with Gasteiger partial charge in [0.2, 0.25) is 0 Å². The van der Waals surface area contributed by atoms with Gasteiger partial charge in [0.1, 0.15) is 0 Å². The number of nitrogens with one attached hydrogen (secondary N) is 1. The summed E-state index contributed by atoms with van der Waals surface area (Å²) in [5, 5.41) is 4.11. The predicted octanol–water partition coefficient (Wildman–Crippen LogP) is 1.93. The molecule has 0 aliphatic carbocycles. The average molecular weight is 277 g/mol. The minimum absolute atomic E-state index is 0.0999. The molecule has 1 fully saturated rings. The second-order valence-electron chi connectivity index (χ2n) is 4.40. The van der Waals surface area contributed by atoms with Crippen molar-refractivity contribution in [3.63, 3.8) is 0 Å². The van der Waals surface area contributed by atoms with E-state index in [9.17, 15) is 4.79 Å². The van der Waals surface area contributed by atoms with Gasteiger partial charge in [-0.3, -0.25) is 4.79 Å². The highest BCUT2D eigenvalue weighted by atomic mass is 32.1. The molecule has 1 N–H and O–H groups in total. The summed E-state index contributed by atoms with van der Waals surface area (Å²) in [4.78, 5) is 13.0. The van der Waals surface area contributed by atoms with Gasteiger partial charge in [0.05, 0.1) is 26.4 Å². The second-order valence-corrected chi connectivity index (χ2v) is 5.57. The van der Waals surface area contributed by atoms with Crippen molar-refractivity contribution >= 4 is 27.3 Å². The van der Waals surface area contributed by atoms with Crippen molar-refractivity contribution in [1.29, 1.82) is 0 Å². The quantitative estimate of drug-likeness (QED) is 0.932. The van der Waals surface area contributed by atoms with Crippen molar-refractivity contribution in [2.24, 2.45) is 0 Å². The van der Waals surface area contributed by atoms with Gasteiger partial charge in [-0.15, -0.1) is 11.3 Å². The molecule has 1 saturated heterocycles. The molecule has 1 amide bonds. The van der Waals surface area contributed by atoms with Crippen molar-refractivity contribution in [1.82, 2.24) is 5.32 Å². The lowest BCUT2D eigenvalue weighted by Gasteiger charge is -2.21. The Hall–Kier alpha value is -1.43. The smallest absolute Gasteiger partial charge is 0.251 e. The number of benzene rings is 1. The van der Waals surface area contributed by atoms with Crippen molar-refractivity contribution < 1.29 is 14.3 Å². The van der Waals surface area contributed by atoms with E-state index in [2.05, 4.69) is 23.5 Å². The van der Waals surface area contributed by atoms with E-state index >= 15 is 0 Å². The molecule has 0 spiro atoms. The number of carbonyl (C=O) groups is 1. The molecule has 19 heavy (non-hydrogen) atoms. The van der Waals surface area contributed by atoms with Gasteiger partial charge >= 0.3 is 0 Å². The predicted molar refractivity (Wildman–Crippen MR) is 74.2 cm³/mol. The molecule has 0 saturated carbocycles. The standard InChI is InChI=1S/C14H15NO3S/c16-14(12-9-17-5-6-18-12)15-8-11-7-10-3-1-2-4-13(10)19-11/h1-4,7,12H,5-6,8-9H2,(H,15,16)/t12-/m0/s1. The summed E-state index contributed by atoms with van der Waals surface area (Å²) in [6.45, 7) is 1.94. The van der Waals surface area contributed by atoms with Crippen LogP contribution >= 0.6 is 11.3 Å². The summed E-state index contributed by atoms with van der Waals surface area (Å²) < 4.78 is 11.8. The zero-order valence-corrected chi connectivity index (χ0v) is 11.2. The lowest BCUT2D eigenvalue weighted by Crippen LogP contribution is -2.42. The van der Waals surface area contributed by atoms with E-state index in [0.29, 0.717) is 26.4 Å². The van der Waals surface area contributed by atoms with Gasteiger partial charge in [-0.2, -0.15) is 0 Å². The number of hydrogen-bond acceptors (Lipinski definition) is 4. The molecule has 2 heterocycles. The molecular weight excluding hydrogens is 262 g/mol. The molecule has 2 aromatic rings. The summed E-state index contributed by atoms with van der Waals surface area (Å²) in [6, 6.07) is 10.3. The Morgan fingerprint density at radius 3 is 3.05 bits per heavy atom. The van der Waals surface area contributed by atoms with Crippen LogP contribution in [0.25, 0.3) is 10.1 Å². The lowest BCUT2D eigenvalue weighted by atomic mass is 10.2. The van der Waals surface area contributed by atoms with Crippen LogP contribution in [0.15, 0.2) is 30.3 Å². The topological polar surface area (TPSA) is 47.6 Å². The summed E-state index contributed by atoms with van der Waals surface area (Å²) in [7, 11) is 0. The molecule has 1 aromatic carbocycles. The van der Waals surface area contributed by atoms with Crippen LogP contribution in [0.4, 0.5) is 0 Å². The summed E-state index contributed by atoms with van der Waals surface area (Å²) >= 11 is 1.70. The minimum atomic E-state index is -0.469. The van der Waals surface area contributed by atoms with Gasteiger partial charge in [-0.25, -0.2) is 0 Å². The van der Waals surface area contributed by atoms with E-state index in [1.165, 1.54) is 10.1 Å². The Balaban J connectivity index is 1.60. The maximum atomic E-state index is 11.9. The monoisotopic (exact) mass is 277 g/mol. The van der Waals surface area contributed by atoms with E-state index < -0.39 is 6.10 Å². The van der Waals surface area contributed by atoms with Crippen LogP contribution in [-0.4, -0.2) is 31.8 Å². The Kier molecular flexibility index (Phi) is 3.77. The molecule has 1 aliphatic rings. The molecule has 5 heteroatoms. The third-order valence-electron chi connectivity index (χ3n) is 3.02. The van der Waals surface area contributed by atoms with E-state index in [1.807, 2.05) is 12.1 Å². The van der Waals surface area contributed by atoms with E-state index in [4.69, 9.17) is 9.47 Å². The largest absolute Gasteiger partial charge is 0.376 e. The van der Waals surface area contributed by atoms with Gasteiger partial charge in [0.15, 0.2) is 6.10 Å². The SMILES string of the molecule is O=C(NCc1cc2ccccc2s1)[C@@H]1COCCO1. The normalized spacial score (nSPS) is 19.5. The number of hydrogen-bond donors (Lipinski definition) is 1. The van der Waals surface area contributed by atoms with Crippen LogP contribution in [0.5, 0.6) is 0 Å². The van der Waals surface area contributed by atoms with Crippen LogP contribution in [0.3, 0.4) is 0 Å². The maximum absolute atomic E-state index is 11.9. The van der Waals surface area contributed by atoms with Crippen LogP contribution in [-0.2, 0) is 20.8 Å². The number of carbonyl (C=O) groups excluding carboxylic acids is 1. The van der Waals surface area contributed by atoms with E-state index in [-0.39, 0.29) is 5.91 Å². The molecule has 0 bridgehead atoms. The number of fused-ring (bicyclic) bond motifs is 1. The maximum Gasteiger partial charge on any atom is 0.251 e. The molecule has 1 aromatic heterocycles. The van der Waals surface area contributed by atoms with Crippen molar-refractivity contribution in [2.75, 3.05) is 19.8 Å². The zero-order valence-electron chi connectivity index (χ0n) is 10.4. The fourth-order valence-electron chi connectivity index (χ4n) is 2.05. The summed E-state index contributed by atoms with van der Waals surface area (Å²) in [5.41, 5.74) is 0. The molecule has 0 radical (unpaired) electrons. The van der Waals surface area contributed by atoms with Gasteiger partial charge in [0, 0.05) is 9.58 Å². The Labute approximate surface area is 115 Å². The number of rotatable bonds is 3. The molecular formula is C14H15NO3S. The van der Waals surface area contributed by atoms with Crippen molar-refractivity contribution in [3.8, 4) is 0 Å². The summed E-state index contributed by atoms with van der Waals surface area (Å²) in [5.74, 6) is -0.0999. The lowest BCUT2D eigenvalue weighted by molar-refractivity contribution is -0.147. The Morgan fingerprint density at radius 2 is 2.26 bits per heavy atom. The Morgan fingerprint density at radius 1 is 1.37 bits per heavy atom. The van der Waals surface area contributed by atoms with Crippen molar-refractivity contribution in [2.45, 2.75) is 12.6 Å². The fraction of sp³-hybridized carbons (Fsp3) is 0.357. The van der Waals surface area contributed by atoms with Gasteiger partial charge in [-0.05, 0) is 17.5 Å². The highest BCUT2D eigenvalue weighted by Gasteiger charge is 2.22. The molecule has 100 valence electrons. The van der Waals surface area contributed by atoms with E-state index in [0.717, 1.165) is 4.88 Å². The van der Waals surface area contributed by atoms with Gasteiger partial charge < -0.3 is 14.8 Å². The molecule has 1 aliphatic heterocycles. The zero-order chi connectivity index (χ0) is 13.1. The van der Waals surface area contributed by atoms with Crippen LogP contribution in [0.2, 0.25) is 0 Å². The summed E-state index contributed by atoms with van der Waals surface area (Å²) in [6.07, 6.45) is -0.469. The third kappa shape index (κ3) is 2.94. The average Bonchev–Trinajstić information content (AvgIpc) is 2.88. The highest BCUT2D eigenvalue weighted by Crippen LogP contribution is 2.24. The fourth-order valence-corrected chi connectivity index (χ4v) is 3.06. The van der Waals surface area contributed by atoms with E-state index in [1.54, 1.807) is 11.3 Å². The van der Waals surface area contributed by atoms with Gasteiger partial charge in [-0.1, -0.05) is 18.2 Å². The minimum Gasteiger partial charge on any atom is -0.376 e. The first kappa shape index (κ1) is 12.6. The first-order valence-electron chi connectivity index (χ1n) is 6.27. The second kappa shape index (κ2) is 5.69. The Bertz CT molecular complexity index is 542. The number of ether oxygens (including phenoxy) is 2. The van der Waals surface area contributed by atoms with Gasteiger partial charge in [0.25, 0.3) is 5.91 Å². The van der Waals surface area contributed by atoms with Crippen LogP contribution < -0.4 is 5.32 Å². The molecule has 0 unspecified atom stereocenters. The van der Waals surface area contributed by atoms with Crippen molar-refractivity contribution in [3.05, 3.63) is 35.2 Å². The first-order chi connectivity index (χ1) is 9.33. The number of thiophene rings is 1. The molecule has 1 atom stereocenters. The van der Waals surface area contributed by atoms with Crippen LogP contribution in [0, 0.1) is 0 Å². The first-order valence-corrected chi connectivity index (χ1v) is 7.09. The van der Waals surface area contributed by atoms with Crippen LogP contribution in [0.1, 0.15) is 4.88 Å². The highest BCUT2D eigenvalue weighted by molar-refractivity contribution is 7.19. The molecule has 4 nitrogen and oxygen atoms in total. The number of amides is 1. The molecule has 3 rings (SSSR count).